The lowest BCUT2D eigenvalue weighted by atomic mass is 10.2. The molecule has 0 aliphatic heterocycles. The molecule has 0 saturated heterocycles. The molecule has 0 spiro atoms. The van der Waals surface area contributed by atoms with Crippen molar-refractivity contribution in [2.75, 3.05) is 0 Å². The second-order valence-electron chi connectivity index (χ2n) is 4.97. The molecule has 0 aliphatic rings. The van der Waals surface area contributed by atoms with Gasteiger partial charge in [-0.15, -0.1) is 0 Å². The van der Waals surface area contributed by atoms with Crippen LogP contribution in [-0.4, -0.2) is 14.7 Å². The van der Waals surface area contributed by atoms with Crippen LogP contribution in [0.1, 0.15) is 5.56 Å². The number of hydrogen-bond acceptors (Lipinski definition) is 4. The van der Waals surface area contributed by atoms with Gasteiger partial charge in [0.25, 0.3) is 5.69 Å². The van der Waals surface area contributed by atoms with Crippen LogP contribution in [0.5, 0.6) is 5.88 Å². The number of nitrogens with zero attached hydrogens (tertiary/aromatic N) is 3. The molecule has 0 bridgehead atoms. The van der Waals surface area contributed by atoms with Crippen LogP contribution in [0.25, 0.3) is 5.69 Å². The van der Waals surface area contributed by atoms with Gasteiger partial charge in [0.05, 0.1) is 27.7 Å². The Morgan fingerprint density at radius 2 is 1.92 bits per heavy atom. The Kier molecular flexibility index (Phi) is 4.79. The first kappa shape index (κ1) is 16.4. The Labute approximate surface area is 145 Å². The molecule has 6 nitrogen and oxygen atoms in total. The molecular formula is C16H13ClN3O3P. The maximum Gasteiger partial charge on any atom is 0.276 e. The van der Waals surface area contributed by atoms with Gasteiger partial charge in [-0.05, 0) is 30.3 Å². The number of para-hydroxylation sites is 1. The summed E-state index contributed by atoms with van der Waals surface area (Å²) in [5.74, 6) is 0.500. The van der Waals surface area contributed by atoms with Crippen LogP contribution in [0.15, 0.2) is 54.7 Å². The van der Waals surface area contributed by atoms with Crippen molar-refractivity contribution in [2.24, 2.45) is 0 Å². The van der Waals surface area contributed by atoms with Crippen molar-refractivity contribution in [3.63, 3.8) is 0 Å². The van der Waals surface area contributed by atoms with Gasteiger partial charge in [0.2, 0.25) is 5.88 Å². The number of nitro groups is 1. The highest BCUT2D eigenvalue weighted by Gasteiger charge is 2.16. The molecule has 2 aromatic carbocycles. The van der Waals surface area contributed by atoms with Gasteiger partial charge in [-0.3, -0.25) is 10.1 Å². The summed E-state index contributed by atoms with van der Waals surface area (Å²) in [6.45, 7) is 0.0673. The molecule has 0 saturated carbocycles. The van der Waals surface area contributed by atoms with E-state index in [1.54, 1.807) is 41.2 Å². The molecule has 0 amide bonds. The minimum atomic E-state index is -0.420. The molecule has 122 valence electrons. The predicted octanol–water partition coefficient (Wildman–Crippen LogP) is 3.51. The first-order valence-electron chi connectivity index (χ1n) is 7.01. The summed E-state index contributed by atoms with van der Waals surface area (Å²) >= 11 is 5.90. The zero-order chi connectivity index (χ0) is 17.1. The molecule has 1 heterocycles. The highest BCUT2D eigenvalue weighted by atomic mass is 35.5. The smallest absolute Gasteiger partial charge is 0.276 e. The van der Waals surface area contributed by atoms with E-state index < -0.39 is 4.92 Å². The van der Waals surface area contributed by atoms with Crippen molar-refractivity contribution in [3.8, 4) is 11.6 Å². The third-order valence-corrected chi connectivity index (χ3v) is 4.02. The van der Waals surface area contributed by atoms with E-state index in [0.717, 1.165) is 11.0 Å². The minimum Gasteiger partial charge on any atom is -0.472 e. The van der Waals surface area contributed by atoms with E-state index in [-0.39, 0.29) is 12.3 Å². The van der Waals surface area contributed by atoms with E-state index in [9.17, 15) is 10.1 Å². The number of rotatable bonds is 5. The Bertz CT molecular complexity index is 881. The van der Waals surface area contributed by atoms with Gasteiger partial charge in [-0.2, -0.15) is 5.10 Å². The van der Waals surface area contributed by atoms with Crippen LogP contribution in [0.3, 0.4) is 0 Å². The minimum absolute atomic E-state index is 0.0281. The SMILES string of the molecule is O=[N+]([O-])c1ccccc1COc1c(P)cnn1-c1ccc(Cl)cc1. The second kappa shape index (κ2) is 6.99. The van der Waals surface area contributed by atoms with Crippen LogP contribution >= 0.6 is 20.8 Å². The maximum atomic E-state index is 11.1. The van der Waals surface area contributed by atoms with E-state index in [2.05, 4.69) is 14.3 Å². The summed E-state index contributed by atoms with van der Waals surface area (Å²) < 4.78 is 7.43. The largest absolute Gasteiger partial charge is 0.472 e. The number of aromatic nitrogens is 2. The fourth-order valence-electron chi connectivity index (χ4n) is 2.22. The summed E-state index contributed by atoms with van der Waals surface area (Å²) in [5.41, 5.74) is 1.31. The van der Waals surface area contributed by atoms with E-state index >= 15 is 0 Å². The van der Waals surface area contributed by atoms with Gasteiger partial charge >= 0.3 is 0 Å². The molecular weight excluding hydrogens is 349 g/mol. The number of halogens is 1. The fraction of sp³-hybridized carbons (Fsp3) is 0.0625. The van der Waals surface area contributed by atoms with Gasteiger partial charge in [0, 0.05) is 11.1 Å². The highest BCUT2D eigenvalue weighted by Crippen LogP contribution is 2.23. The quantitative estimate of drug-likeness (QED) is 0.396. The first-order chi connectivity index (χ1) is 11.6. The molecule has 1 aromatic heterocycles. The Balaban J connectivity index is 1.88. The van der Waals surface area contributed by atoms with Gasteiger partial charge in [0.15, 0.2) is 0 Å². The zero-order valence-corrected chi connectivity index (χ0v) is 14.3. The second-order valence-corrected chi connectivity index (χ2v) is 6.03. The van der Waals surface area contributed by atoms with E-state index in [0.29, 0.717) is 16.5 Å². The lowest BCUT2D eigenvalue weighted by Crippen LogP contribution is -2.08. The van der Waals surface area contributed by atoms with Gasteiger partial charge in [0.1, 0.15) is 6.61 Å². The maximum absolute atomic E-state index is 11.1. The van der Waals surface area contributed by atoms with Gasteiger partial charge in [-0.1, -0.05) is 33.0 Å². The highest BCUT2D eigenvalue weighted by molar-refractivity contribution is 7.27. The number of nitro benzene ring substituents is 1. The summed E-state index contributed by atoms with van der Waals surface area (Å²) in [4.78, 5) is 10.7. The summed E-state index contributed by atoms with van der Waals surface area (Å²) in [6.07, 6.45) is 1.65. The lowest BCUT2D eigenvalue weighted by molar-refractivity contribution is -0.385. The van der Waals surface area contributed by atoms with Crippen LogP contribution < -0.4 is 10.0 Å². The van der Waals surface area contributed by atoms with Gasteiger partial charge in [-0.25, -0.2) is 4.68 Å². The molecule has 1 atom stereocenters. The Hall–Kier alpha value is -2.43. The standard InChI is InChI=1S/C16H13ClN3O3P/c17-12-5-7-13(8-6-12)19-16(15(24)9-18-19)23-10-11-3-1-2-4-14(11)20(21)22/h1-9H,10,24H2. The number of ether oxygens (including phenoxy) is 1. The molecule has 24 heavy (non-hydrogen) atoms. The summed E-state index contributed by atoms with van der Waals surface area (Å²) in [7, 11) is 2.54. The molecule has 0 fully saturated rings. The lowest BCUT2D eigenvalue weighted by Gasteiger charge is -2.11. The van der Waals surface area contributed by atoms with Gasteiger partial charge < -0.3 is 4.74 Å². The third-order valence-electron chi connectivity index (χ3n) is 3.38. The van der Waals surface area contributed by atoms with Crippen LogP contribution in [0, 0.1) is 10.1 Å². The van der Waals surface area contributed by atoms with Crippen molar-refractivity contribution in [2.45, 2.75) is 6.61 Å². The van der Waals surface area contributed by atoms with Crippen molar-refractivity contribution < 1.29 is 9.66 Å². The van der Waals surface area contributed by atoms with E-state index in [1.165, 1.54) is 6.07 Å². The molecule has 0 aliphatic carbocycles. The van der Waals surface area contributed by atoms with Crippen LogP contribution in [0.2, 0.25) is 5.02 Å². The zero-order valence-electron chi connectivity index (χ0n) is 12.4. The normalized spacial score (nSPS) is 10.6. The fourth-order valence-corrected chi connectivity index (χ4v) is 2.62. The average Bonchev–Trinajstić information content (AvgIpc) is 2.94. The Morgan fingerprint density at radius 3 is 2.62 bits per heavy atom. The number of benzene rings is 2. The Morgan fingerprint density at radius 1 is 1.21 bits per heavy atom. The molecule has 8 heteroatoms. The summed E-state index contributed by atoms with van der Waals surface area (Å²) in [6, 6.07) is 13.6. The topological polar surface area (TPSA) is 70.2 Å². The predicted molar refractivity (Wildman–Crippen MR) is 95.3 cm³/mol. The van der Waals surface area contributed by atoms with Crippen molar-refractivity contribution in [1.82, 2.24) is 9.78 Å². The van der Waals surface area contributed by atoms with Crippen LogP contribution in [0.4, 0.5) is 5.69 Å². The monoisotopic (exact) mass is 361 g/mol. The molecule has 3 aromatic rings. The van der Waals surface area contributed by atoms with E-state index in [1.807, 2.05) is 12.1 Å². The van der Waals surface area contributed by atoms with Crippen molar-refractivity contribution >= 4 is 31.8 Å². The summed E-state index contributed by atoms with van der Waals surface area (Å²) in [5, 5.41) is 16.7. The van der Waals surface area contributed by atoms with E-state index in [4.69, 9.17) is 16.3 Å². The third kappa shape index (κ3) is 3.40. The van der Waals surface area contributed by atoms with Crippen LogP contribution in [-0.2, 0) is 6.61 Å². The first-order valence-corrected chi connectivity index (χ1v) is 7.96. The molecule has 0 radical (unpaired) electrons. The molecule has 1 unspecified atom stereocenters. The molecule has 0 N–H and O–H groups in total. The van der Waals surface area contributed by atoms with Crippen molar-refractivity contribution in [1.29, 1.82) is 0 Å². The number of hydrogen-bond donors (Lipinski definition) is 0. The molecule has 3 rings (SSSR count). The van der Waals surface area contributed by atoms with Crippen molar-refractivity contribution in [3.05, 3.63) is 75.4 Å². The average molecular weight is 362 g/mol.